The van der Waals surface area contributed by atoms with Crippen LogP contribution in [-0.4, -0.2) is 41.6 Å². The van der Waals surface area contributed by atoms with Crippen LogP contribution >= 0.6 is 0 Å². The molecule has 0 spiro atoms. The Morgan fingerprint density at radius 2 is 2.37 bits per heavy atom. The van der Waals surface area contributed by atoms with Crippen molar-refractivity contribution in [2.24, 2.45) is 0 Å². The summed E-state index contributed by atoms with van der Waals surface area (Å²) < 4.78 is 5.22. The first-order valence-electron chi connectivity index (χ1n) is 6.15. The van der Waals surface area contributed by atoms with Gasteiger partial charge in [-0.1, -0.05) is 6.07 Å². The molecule has 2 aromatic rings. The minimum atomic E-state index is -0.499. The van der Waals surface area contributed by atoms with Gasteiger partial charge in [0.2, 0.25) is 0 Å². The van der Waals surface area contributed by atoms with Crippen LogP contribution in [0.4, 0.5) is 0 Å². The quantitative estimate of drug-likeness (QED) is 0.840. The first-order chi connectivity index (χ1) is 9.29. The predicted molar refractivity (Wildman–Crippen MR) is 69.6 cm³/mol. The average molecular weight is 255 g/mol. The fourth-order valence-corrected chi connectivity index (χ4v) is 2.30. The van der Waals surface area contributed by atoms with Gasteiger partial charge in [0, 0.05) is 23.8 Å². The summed E-state index contributed by atoms with van der Waals surface area (Å²) in [6.45, 7) is 1.22. The third kappa shape index (κ3) is 2.07. The van der Waals surface area contributed by atoms with Crippen molar-refractivity contribution in [1.82, 2.24) is 9.88 Å². The number of nitriles is 1. The van der Waals surface area contributed by atoms with E-state index in [1.54, 1.807) is 11.0 Å². The van der Waals surface area contributed by atoms with E-state index >= 15 is 0 Å². The molecule has 5 heteroatoms. The lowest BCUT2D eigenvalue weighted by Gasteiger charge is -2.31. The summed E-state index contributed by atoms with van der Waals surface area (Å²) in [5.74, 6) is -0.119. The number of carbonyl (C=O) groups is 1. The highest BCUT2D eigenvalue weighted by atomic mass is 16.5. The average Bonchev–Trinajstić information content (AvgIpc) is 2.93. The SMILES string of the molecule is N#C[C@@H]1COCCN1C(=O)c1ccc2cc[nH]c2c1. The van der Waals surface area contributed by atoms with Crippen LogP contribution in [0.2, 0.25) is 0 Å². The third-order valence-electron chi connectivity index (χ3n) is 3.34. The molecule has 0 unspecified atom stereocenters. The number of amides is 1. The zero-order valence-electron chi connectivity index (χ0n) is 10.3. The molecule has 1 saturated heterocycles. The Balaban J connectivity index is 1.91. The smallest absolute Gasteiger partial charge is 0.255 e. The maximum atomic E-state index is 12.4. The van der Waals surface area contributed by atoms with Crippen molar-refractivity contribution < 1.29 is 9.53 Å². The van der Waals surface area contributed by atoms with Crippen LogP contribution in [0.5, 0.6) is 0 Å². The van der Waals surface area contributed by atoms with Crippen LogP contribution in [0, 0.1) is 11.3 Å². The summed E-state index contributed by atoms with van der Waals surface area (Å²) in [6, 6.07) is 9.08. The van der Waals surface area contributed by atoms with Crippen LogP contribution < -0.4 is 0 Å². The van der Waals surface area contributed by atoms with E-state index in [0.717, 1.165) is 10.9 Å². The lowest BCUT2D eigenvalue weighted by Crippen LogP contribution is -2.47. The number of aromatic nitrogens is 1. The number of carbonyl (C=O) groups excluding carboxylic acids is 1. The maximum absolute atomic E-state index is 12.4. The number of fused-ring (bicyclic) bond motifs is 1. The van der Waals surface area contributed by atoms with Gasteiger partial charge in [-0.2, -0.15) is 5.26 Å². The van der Waals surface area contributed by atoms with E-state index in [0.29, 0.717) is 18.7 Å². The van der Waals surface area contributed by atoms with E-state index in [1.165, 1.54) is 0 Å². The number of rotatable bonds is 1. The molecule has 0 saturated carbocycles. The highest BCUT2D eigenvalue weighted by Crippen LogP contribution is 2.17. The highest BCUT2D eigenvalue weighted by molar-refractivity contribution is 5.98. The van der Waals surface area contributed by atoms with Crippen molar-refractivity contribution in [2.45, 2.75) is 6.04 Å². The maximum Gasteiger partial charge on any atom is 0.255 e. The molecule has 3 rings (SSSR count). The Bertz CT molecular complexity index is 656. The molecule has 2 heterocycles. The van der Waals surface area contributed by atoms with Crippen LogP contribution in [-0.2, 0) is 4.74 Å². The Hall–Kier alpha value is -2.32. The van der Waals surface area contributed by atoms with Crippen LogP contribution in [0.3, 0.4) is 0 Å². The summed E-state index contributed by atoms with van der Waals surface area (Å²) in [6.07, 6.45) is 1.84. The number of ether oxygens (including phenoxy) is 1. The molecule has 0 aliphatic carbocycles. The van der Waals surface area contributed by atoms with E-state index in [-0.39, 0.29) is 12.5 Å². The number of H-pyrrole nitrogens is 1. The van der Waals surface area contributed by atoms with Crippen molar-refractivity contribution in [2.75, 3.05) is 19.8 Å². The number of benzene rings is 1. The molecule has 1 aliphatic rings. The second kappa shape index (κ2) is 4.75. The van der Waals surface area contributed by atoms with Crippen molar-refractivity contribution in [3.63, 3.8) is 0 Å². The van der Waals surface area contributed by atoms with Gasteiger partial charge in [-0.05, 0) is 23.6 Å². The Morgan fingerprint density at radius 1 is 1.47 bits per heavy atom. The first kappa shape index (κ1) is 11.8. The van der Waals surface area contributed by atoms with Crippen LogP contribution in [0.25, 0.3) is 10.9 Å². The molecule has 5 nitrogen and oxygen atoms in total. The molecule has 1 fully saturated rings. The number of nitrogens with one attached hydrogen (secondary N) is 1. The van der Waals surface area contributed by atoms with Crippen molar-refractivity contribution in [3.8, 4) is 6.07 Å². The van der Waals surface area contributed by atoms with Gasteiger partial charge in [-0.25, -0.2) is 0 Å². The molecule has 96 valence electrons. The molecule has 1 atom stereocenters. The molecule has 0 radical (unpaired) electrons. The van der Waals surface area contributed by atoms with E-state index < -0.39 is 6.04 Å². The minimum Gasteiger partial charge on any atom is -0.376 e. The zero-order valence-corrected chi connectivity index (χ0v) is 10.3. The number of aromatic amines is 1. The van der Waals surface area contributed by atoms with Gasteiger partial charge in [0.05, 0.1) is 19.3 Å². The zero-order chi connectivity index (χ0) is 13.2. The largest absolute Gasteiger partial charge is 0.376 e. The van der Waals surface area contributed by atoms with E-state index in [4.69, 9.17) is 10.00 Å². The third-order valence-corrected chi connectivity index (χ3v) is 3.34. The number of hydrogen-bond donors (Lipinski definition) is 1. The van der Waals surface area contributed by atoms with Crippen LogP contribution in [0.15, 0.2) is 30.5 Å². The van der Waals surface area contributed by atoms with E-state index in [9.17, 15) is 4.79 Å². The van der Waals surface area contributed by atoms with E-state index in [2.05, 4.69) is 11.1 Å². The Morgan fingerprint density at radius 3 is 3.21 bits per heavy atom. The summed E-state index contributed by atoms with van der Waals surface area (Å²) in [5, 5.41) is 10.1. The Labute approximate surface area is 110 Å². The van der Waals surface area contributed by atoms with Crippen molar-refractivity contribution >= 4 is 16.8 Å². The van der Waals surface area contributed by atoms with Gasteiger partial charge in [-0.3, -0.25) is 4.79 Å². The van der Waals surface area contributed by atoms with E-state index in [1.807, 2.05) is 24.4 Å². The number of nitrogens with zero attached hydrogens (tertiary/aromatic N) is 2. The summed E-state index contributed by atoms with van der Waals surface area (Å²) in [4.78, 5) is 17.1. The second-order valence-electron chi connectivity index (χ2n) is 4.50. The lowest BCUT2D eigenvalue weighted by molar-refractivity contribution is 0.0132. The van der Waals surface area contributed by atoms with Gasteiger partial charge >= 0.3 is 0 Å². The summed E-state index contributed by atoms with van der Waals surface area (Å²) in [7, 11) is 0. The minimum absolute atomic E-state index is 0.119. The molecule has 1 aromatic carbocycles. The highest BCUT2D eigenvalue weighted by Gasteiger charge is 2.27. The predicted octanol–water partition coefficient (Wildman–Crippen LogP) is 1.53. The molecular formula is C14H13N3O2. The lowest BCUT2D eigenvalue weighted by atomic mass is 10.1. The molecule has 1 aliphatic heterocycles. The molecule has 0 bridgehead atoms. The second-order valence-corrected chi connectivity index (χ2v) is 4.50. The molecular weight excluding hydrogens is 242 g/mol. The van der Waals surface area contributed by atoms with Crippen molar-refractivity contribution in [3.05, 3.63) is 36.0 Å². The van der Waals surface area contributed by atoms with Gasteiger partial charge in [0.15, 0.2) is 0 Å². The topological polar surface area (TPSA) is 69.1 Å². The first-order valence-corrected chi connectivity index (χ1v) is 6.15. The van der Waals surface area contributed by atoms with Gasteiger partial charge < -0.3 is 14.6 Å². The fraction of sp³-hybridized carbons (Fsp3) is 0.286. The van der Waals surface area contributed by atoms with Gasteiger partial charge in [0.1, 0.15) is 6.04 Å². The standard InChI is InChI=1S/C14H13N3O2/c15-8-12-9-19-6-5-17(12)14(18)11-2-1-10-3-4-16-13(10)7-11/h1-4,7,12,16H,5-6,9H2/t12-/m1/s1. The summed E-state index contributed by atoms with van der Waals surface area (Å²) in [5.41, 5.74) is 1.52. The number of morpholine rings is 1. The Kier molecular flexibility index (Phi) is 2.94. The molecule has 1 amide bonds. The fourth-order valence-electron chi connectivity index (χ4n) is 2.30. The van der Waals surface area contributed by atoms with Gasteiger partial charge in [-0.15, -0.1) is 0 Å². The van der Waals surface area contributed by atoms with Gasteiger partial charge in [0.25, 0.3) is 5.91 Å². The van der Waals surface area contributed by atoms with Crippen LogP contribution in [0.1, 0.15) is 10.4 Å². The molecule has 1 N–H and O–H groups in total. The normalized spacial score (nSPS) is 19.3. The summed E-state index contributed by atoms with van der Waals surface area (Å²) >= 11 is 0. The monoisotopic (exact) mass is 255 g/mol. The molecule has 19 heavy (non-hydrogen) atoms. The number of hydrogen-bond acceptors (Lipinski definition) is 3. The molecule has 1 aromatic heterocycles. The van der Waals surface area contributed by atoms with Crippen molar-refractivity contribution in [1.29, 1.82) is 5.26 Å².